The van der Waals surface area contributed by atoms with E-state index in [0.29, 0.717) is 42.9 Å². The van der Waals surface area contributed by atoms with E-state index in [1.54, 1.807) is 23.9 Å². The summed E-state index contributed by atoms with van der Waals surface area (Å²) in [4.78, 5) is 45.2. The van der Waals surface area contributed by atoms with Gasteiger partial charge in [-0.05, 0) is 38.6 Å². The molecule has 0 bridgehead atoms. The number of ether oxygens (including phenoxy) is 1. The van der Waals surface area contributed by atoms with E-state index in [4.69, 9.17) is 4.74 Å². The molecule has 13 heteroatoms. The van der Waals surface area contributed by atoms with Crippen molar-refractivity contribution in [3.8, 4) is 5.75 Å². The number of hydrogen-bond donors (Lipinski definition) is 6. The van der Waals surface area contributed by atoms with Gasteiger partial charge in [-0.3, -0.25) is 24.2 Å². The van der Waals surface area contributed by atoms with Gasteiger partial charge in [-0.15, -0.1) is 0 Å². The van der Waals surface area contributed by atoms with E-state index in [0.717, 1.165) is 25.7 Å². The van der Waals surface area contributed by atoms with Gasteiger partial charge in [0.1, 0.15) is 22.8 Å². The minimum absolute atomic E-state index is 0.0337. The monoisotopic (exact) mass is 643 g/mol. The first-order valence-corrected chi connectivity index (χ1v) is 16.6. The lowest BCUT2D eigenvalue weighted by Gasteiger charge is -2.54. The van der Waals surface area contributed by atoms with Gasteiger partial charge in [-0.25, -0.2) is 0 Å². The Labute approximate surface area is 265 Å². The van der Waals surface area contributed by atoms with Crippen LogP contribution in [0.1, 0.15) is 42.7 Å². The number of carbonyl (C=O) groups excluding carboxylic acids is 3. The molecule has 6 rings (SSSR count). The van der Waals surface area contributed by atoms with Crippen molar-refractivity contribution >= 4 is 35.0 Å². The molecule has 12 nitrogen and oxygen atoms in total. The van der Waals surface area contributed by atoms with Crippen LogP contribution in [0.3, 0.4) is 0 Å². The standard InChI is InChI=1S/C32H41N3O9S/c1-34(2)25-24-27(38)21-18(14-45-16-6-3-4-7-16)17-8-5-9-19(36)20(17)26(37)22(21)29(40)32(24,43)30(41)23(28(25)39)31(42)33-15-35-10-12-44-13-11-35/h5,8-9,16,18,21,24-25,27,36-38,41,43H,3-4,6-7,10-15H2,1-2H3,(H,33,42)/t18-,21?,24?,25-,27?,32-/m0/s1. The molecule has 6 atom stereocenters. The van der Waals surface area contributed by atoms with Crippen LogP contribution in [-0.4, -0.2) is 129 Å². The van der Waals surface area contributed by atoms with E-state index >= 15 is 0 Å². The maximum Gasteiger partial charge on any atom is 0.259 e. The predicted molar refractivity (Wildman–Crippen MR) is 166 cm³/mol. The minimum Gasteiger partial charge on any atom is -0.508 e. The fourth-order valence-electron chi connectivity index (χ4n) is 7.90. The first-order valence-electron chi connectivity index (χ1n) is 15.5. The third-order valence-electron chi connectivity index (χ3n) is 10.2. The summed E-state index contributed by atoms with van der Waals surface area (Å²) in [5, 5.41) is 61.3. The SMILES string of the molecule is CN(C)[C@@H]1C(=O)C(C(=O)NCN2CCOCC2)=C(O)[C@@]2(O)C(=O)C3=C(O)c4c(O)cccc4[C@H](CSC4CCCC4)C3C(O)C12. The van der Waals surface area contributed by atoms with Crippen LogP contribution in [0.25, 0.3) is 5.76 Å². The molecule has 1 aromatic carbocycles. The van der Waals surface area contributed by atoms with Gasteiger partial charge < -0.3 is 35.6 Å². The lowest BCUT2D eigenvalue weighted by molar-refractivity contribution is -0.169. The van der Waals surface area contributed by atoms with Crippen molar-refractivity contribution in [3.05, 3.63) is 46.2 Å². The van der Waals surface area contributed by atoms with Gasteiger partial charge >= 0.3 is 0 Å². The molecule has 1 aromatic rings. The first kappa shape index (κ1) is 32.0. The fraction of sp³-hybridized carbons (Fsp3) is 0.594. The molecule has 0 aromatic heterocycles. The summed E-state index contributed by atoms with van der Waals surface area (Å²) >= 11 is 1.71. The predicted octanol–water partition coefficient (Wildman–Crippen LogP) is 1.07. The smallest absolute Gasteiger partial charge is 0.259 e. The number of rotatable bonds is 7. The van der Waals surface area contributed by atoms with Gasteiger partial charge in [0, 0.05) is 41.5 Å². The Balaban J connectivity index is 1.45. The van der Waals surface area contributed by atoms with Gasteiger partial charge in [0.25, 0.3) is 5.91 Å². The molecule has 0 spiro atoms. The zero-order valence-electron chi connectivity index (χ0n) is 25.4. The molecular formula is C32H41N3O9S. The van der Waals surface area contributed by atoms with Crippen LogP contribution in [0, 0.1) is 11.8 Å². The molecule has 244 valence electrons. The molecule has 0 radical (unpaired) electrons. The van der Waals surface area contributed by atoms with E-state index in [1.165, 1.54) is 25.1 Å². The number of aromatic hydroxyl groups is 1. The highest BCUT2D eigenvalue weighted by Crippen LogP contribution is 2.57. The Hall–Kier alpha value is -2.94. The number of carbonyl (C=O) groups is 3. The minimum atomic E-state index is -2.90. The third kappa shape index (κ3) is 5.17. The number of benzene rings is 1. The zero-order valence-corrected chi connectivity index (χ0v) is 26.3. The second-order valence-corrected chi connectivity index (χ2v) is 14.2. The summed E-state index contributed by atoms with van der Waals surface area (Å²) < 4.78 is 5.32. The molecule has 5 aliphatic rings. The Morgan fingerprint density at radius 1 is 1.13 bits per heavy atom. The van der Waals surface area contributed by atoms with Crippen LogP contribution in [0.5, 0.6) is 5.75 Å². The van der Waals surface area contributed by atoms with Crippen molar-refractivity contribution in [3.63, 3.8) is 0 Å². The van der Waals surface area contributed by atoms with E-state index in [1.807, 2.05) is 4.90 Å². The fourth-order valence-corrected chi connectivity index (χ4v) is 9.43. The maximum atomic E-state index is 14.5. The largest absolute Gasteiger partial charge is 0.508 e. The number of nitrogens with one attached hydrogen (secondary N) is 1. The van der Waals surface area contributed by atoms with Crippen LogP contribution in [0.4, 0.5) is 0 Å². The number of amides is 1. The van der Waals surface area contributed by atoms with E-state index < -0.39 is 70.1 Å². The van der Waals surface area contributed by atoms with Crippen LogP contribution in [0.2, 0.25) is 0 Å². The average Bonchev–Trinajstić information content (AvgIpc) is 3.54. The molecule has 45 heavy (non-hydrogen) atoms. The highest BCUT2D eigenvalue weighted by Gasteiger charge is 2.68. The number of nitrogens with zero attached hydrogens (tertiary/aromatic N) is 2. The molecular weight excluding hydrogens is 602 g/mol. The summed E-state index contributed by atoms with van der Waals surface area (Å²) in [6.07, 6.45) is 2.72. The Kier molecular flexibility index (Phi) is 8.78. The molecule has 1 amide bonds. The molecule has 3 unspecified atom stereocenters. The summed E-state index contributed by atoms with van der Waals surface area (Å²) in [6.45, 7) is 2.07. The van der Waals surface area contributed by atoms with Crippen LogP contribution in [-0.2, 0) is 19.1 Å². The third-order valence-corrected chi connectivity index (χ3v) is 11.7. The Bertz CT molecular complexity index is 1450. The number of aliphatic hydroxyl groups excluding tert-OH is 3. The number of aliphatic hydroxyl groups is 4. The number of ketones is 2. The topological polar surface area (TPSA) is 180 Å². The van der Waals surface area contributed by atoms with Crippen LogP contribution < -0.4 is 5.32 Å². The average molecular weight is 644 g/mol. The molecule has 1 aliphatic heterocycles. The van der Waals surface area contributed by atoms with Crippen molar-refractivity contribution in [1.29, 1.82) is 0 Å². The zero-order chi connectivity index (χ0) is 32.2. The van der Waals surface area contributed by atoms with Gasteiger partial charge in [-0.1, -0.05) is 25.0 Å². The van der Waals surface area contributed by atoms with E-state index in [9.17, 15) is 39.9 Å². The first-order chi connectivity index (χ1) is 21.5. The van der Waals surface area contributed by atoms with Crippen molar-refractivity contribution in [2.24, 2.45) is 11.8 Å². The Morgan fingerprint density at radius 2 is 1.82 bits per heavy atom. The molecule has 3 fully saturated rings. The second kappa shape index (κ2) is 12.3. The highest BCUT2D eigenvalue weighted by atomic mass is 32.2. The van der Waals surface area contributed by atoms with Crippen molar-refractivity contribution in [2.75, 3.05) is 52.8 Å². The van der Waals surface area contributed by atoms with Crippen molar-refractivity contribution in [2.45, 2.75) is 54.6 Å². The lowest BCUT2D eigenvalue weighted by atomic mass is 9.54. The summed E-state index contributed by atoms with van der Waals surface area (Å²) in [5.74, 6) is -7.65. The number of phenols is 1. The number of fused-ring (bicyclic) bond motifs is 3. The quantitative estimate of drug-likeness (QED) is 0.233. The molecule has 1 saturated heterocycles. The normalized spacial score (nSPS) is 32.5. The van der Waals surface area contributed by atoms with Gasteiger partial charge in [0.05, 0.1) is 43.5 Å². The summed E-state index contributed by atoms with van der Waals surface area (Å²) in [5.41, 5.74) is -3.42. The molecule has 4 aliphatic carbocycles. The highest BCUT2D eigenvalue weighted by molar-refractivity contribution is 7.99. The maximum absolute atomic E-state index is 14.5. The van der Waals surface area contributed by atoms with Gasteiger partial charge in [0.2, 0.25) is 5.78 Å². The van der Waals surface area contributed by atoms with Crippen LogP contribution >= 0.6 is 11.8 Å². The van der Waals surface area contributed by atoms with E-state index in [2.05, 4.69) is 5.32 Å². The van der Waals surface area contributed by atoms with Crippen LogP contribution in [0.15, 0.2) is 35.1 Å². The van der Waals surface area contributed by atoms with Gasteiger partial charge in [-0.2, -0.15) is 11.8 Å². The number of hydrogen-bond acceptors (Lipinski definition) is 12. The Morgan fingerprint density at radius 3 is 2.49 bits per heavy atom. The lowest BCUT2D eigenvalue weighted by Crippen LogP contribution is -2.70. The number of phenolic OH excluding ortho intramolecular Hbond substituents is 1. The second-order valence-electron chi connectivity index (χ2n) is 12.9. The van der Waals surface area contributed by atoms with Crippen molar-refractivity contribution < 1.29 is 44.7 Å². The number of thioether (sulfide) groups is 1. The summed E-state index contributed by atoms with van der Waals surface area (Å²) in [6, 6.07) is 3.40. The molecule has 6 N–H and O–H groups in total. The molecule has 2 saturated carbocycles. The number of Topliss-reactive ketones (excluding diaryl/α,β-unsaturated/α-hetero) is 2. The van der Waals surface area contributed by atoms with E-state index in [-0.39, 0.29) is 23.6 Å². The molecule has 1 heterocycles. The number of morpholine rings is 1. The van der Waals surface area contributed by atoms with Gasteiger partial charge in [0.15, 0.2) is 11.4 Å². The van der Waals surface area contributed by atoms with Crippen molar-refractivity contribution in [1.82, 2.24) is 15.1 Å². The number of likely N-dealkylation sites (N-methyl/N-ethyl adjacent to an activating group) is 1. The summed E-state index contributed by atoms with van der Waals surface area (Å²) in [7, 11) is 3.08.